The summed E-state index contributed by atoms with van der Waals surface area (Å²) in [7, 11) is 0. The summed E-state index contributed by atoms with van der Waals surface area (Å²) in [5.74, 6) is -0.282. The number of hydrogen-bond acceptors (Lipinski definition) is 3. The molecule has 100 valence electrons. The van der Waals surface area contributed by atoms with E-state index in [9.17, 15) is 13.2 Å². The number of para-hydroxylation sites is 1. The van der Waals surface area contributed by atoms with E-state index in [1.165, 1.54) is 24.4 Å². The van der Waals surface area contributed by atoms with Crippen LogP contribution in [-0.4, -0.2) is 16.3 Å². The maximum absolute atomic E-state index is 12.4. The Balaban J connectivity index is 2.56. The molecule has 1 heterocycles. The quantitative estimate of drug-likeness (QED) is 0.847. The largest absolute Gasteiger partial charge is 0.573 e. The van der Waals surface area contributed by atoms with E-state index in [4.69, 9.17) is 12.2 Å². The molecule has 3 nitrogen and oxygen atoms in total. The van der Waals surface area contributed by atoms with Crippen molar-refractivity contribution in [2.45, 2.75) is 13.3 Å². The number of nitrogens with one attached hydrogen (secondary N) is 1. The first-order valence-corrected chi connectivity index (χ1v) is 5.69. The van der Waals surface area contributed by atoms with E-state index in [2.05, 4.69) is 14.7 Å². The minimum Gasteiger partial charge on any atom is -0.405 e. The van der Waals surface area contributed by atoms with Crippen LogP contribution in [0.1, 0.15) is 5.56 Å². The molecule has 0 saturated carbocycles. The smallest absolute Gasteiger partial charge is 0.405 e. The van der Waals surface area contributed by atoms with E-state index >= 15 is 0 Å². The van der Waals surface area contributed by atoms with Gasteiger partial charge in [0.15, 0.2) is 4.77 Å². The van der Waals surface area contributed by atoms with Gasteiger partial charge >= 0.3 is 6.36 Å². The van der Waals surface area contributed by atoms with Gasteiger partial charge in [0, 0.05) is 11.8 Å². The Labute approximate surface area is 112 Å². The van der Waals surface area contributed by atoms with Crippen molar-refractivity contribution in [3.8, 4) is 17.0 Å². The van der Waals surface area contributed by atoms with Crippen LogP contribution in [-0.2, 0) is 0 Å². The van der Waals surface area contributed by atoms with Crippen LogP contribution < -0.4 is 4.74 Å². The molecule has 0 amide bonds. The molecule has 0 aliphatic carbocycles. The molecule has 0 spiro atoms. The zero-order valence-electron chi connectivity index (χ0n) is 9.78. The molecule has 0 atom stereocenters. The highest BCUT2D eigenvalue weighted by molar-refractivity contribution is 7.71. The average molecular weight is 286 g/mol. The molecule has 0 fully saturated rings. The summed E-state index contributed by atoms with van der Waals surface area (Å²) >= 11 is 4.88. The zero-order valence-corrected chi connectivity index (χ0v) is 10.6. The van der Waals surface area contributed by atoms with Crippen LogP contribution in [0.4, 0.5) is 13.2 Å². The fraction of sp³-hybridized carbons (Fsp3) is 0.167. The van der Waals surface area contributed by atoms with Crippen LogP contribution in [0.25, 0.3) is 11.3 Å². The first kappa shape index (κ1) is 13.5. The van der Waals surface area contributed by atoms with Crippen molar-refractivity contribution < 1.29 is 17.9 Å². The van der Waals surface area contributed by atoms with Crippen LogP contribution >= 0.6 is 12.2 Å². The number of alkyl halides is 3. The standard InChI is InChI=1S/C12H9F3N2OS/c1-7-6-16-11(19)17-10(7)8-4-2-3-5-9(8)18-12(13,14)15/h2-6H,1H3,(H,16,17,19). The Morgan fingerprint density at radius 3 is 2.63 bits per heavy atom. The van der Waals surface area contributed by atoms with Gasteiger partial charge in [-0.1, -0.05) is 12.1 Å². The summed E-state index contributed by atoms with van der Waals surface area (Å²) in [5.41, 5.74) is 1.41. The number of halogens is 3. The van der Waals surface area contributed by atoms with Gasteiger partial charge in [0.1, 0.15) is 5.75 Å². The van der Waals surface area contributed by atoms with Crippen molar-refractivity contribution in [3.63, 3.8) is 0 Å². The second-order valence-corrected chi connectivity index (χ2v) is 4.18. The van der Waals surface area contributed by atoms with Crippen LogP contribution in [0.5, 0.6) is 5.75 Å². The van der Waals surface area contributed by atoms with Crippen LogP contribution in [0, 0.1) is 11.7 Å². The Kier molecular flexibility index (Phi) is 3.57. The van der Waals surface area contributed by atoms with Crippen molar-refractivity contribution >= 4 is 12.2 Å². The molecule has 2 rings (SSSR count). The first-order valence-electron chi connectivity index (χ1n) is 5.28. The maximum Gasteiger partial charge on any atom is 0.573 e. The van der Waals surface area contributed by atoms with Gasteiger partial charge in [-0.05, 0) is 36.8 Å². The minimum absolute atomic E-state index is 0.197. The highest BCUT2D eigenvalue weighted by atomic mass is 32.1. The minimum atomic E-state index is -4.74. The predicted octanol–water partition coefficient (Wildman–Crippen LogP) is 4.01. The second kappa shape index (κ2) is 5.00. The molecule has 0 aliphatic rings. The molecule has 1 N–H and O–H groups in total. The third kappa shape index (κ3) is 3.31. The van der Waals surface area contributed by atoms with Gasteiger partial charge in [0.2, 0.25) is 0 Å². The molecule has 1 aromatic carbocycles. The highest BCUT2D eigenvalue weighted by Gasteiger charge is 2.32. The fourth-order valence-electron chi connectivity index (χ4n) is 1.62. The summed E-state index contributed by atoms with van der Waals surface area (Å²) in [4.78, 5) is 6.64. The monoisotopic (exact) mass is 286 g/mol. The lowest BCUT2D eigenvalue weighted by molar-refractivity contribution is -0.274. The molecule has 2 aromatic rings. The molecule has 7 heteroatoms. The maximum atomic E-state index is 12.4. The van der Waals surface area contributed by atoms with Gasteiger partial charge in [-0.25, -0.2) is 4.98 Å². The van der Waals surface area contributed by atoms with Crippen LogP contribution in [0.2, 0.25) is 0 Å². The SMILES string of the molecule is Cc1cnc(=S)[nH]c1-c1ccccc1OC(F)(F)F. The fourth-order valence-corrected chi connectivity index (χ4v) is 1.78. The van der Waals surface area contributed by atoms with Gasteiger partial charge in [0.25, 0.3) is 0 Å². The van der Waals surface area contributed by atoms with E-state index in [1.54, 1.807) is 13.0 Å². The molecular weight excluding hydrogens is 277 g/mol. The van der Waals surface area contributed by atoms with Gasteiger partial charge in [-0.3, -0.25) is 0 Å². The third-order valence-electron chi connectivity index (χ3n) is 2.38. The highest BCUT2D eigenvalue weighted by Crippen LogP contribution is 2.33. The summed E-state index contributed by atoms with van der Waals surface area (Å²) in [6.07, 6.45) is -3.24. The number of nitrogens with zero attached hydrogens (tertiary/aromatic N) is 1. The summed E-state index contributed by atoms with van der Waals surface area (Å²) in [6, 6.07) is 5.86. The first-order chi connectivity index (χ1) is 8.87. The van der Waals surface area contributed by atoms with Gasteiger partial charge in [-0.2, -0.15) is 0 Å². The Morgan fingerprint density at radius 2 is 1.95 bits per heavy atom. The molecule has 0 saturated heterocycles. The predicted molar refractivity (Wildman–Crippen MR) is 66.3 cm³/mol. The number of aryl methyl sites for hydroxylation is 1. The Morgan fingerprint density at radius 1 is 1.26 bits per heavy atom. The molecular formula is C12H9F3N2OS. The summed E-state index contributed by atoms with van der Waals surface area (Å²) in [5, 5.41) is 0. The van der Waals surface area contributed by atoms with E-state index in [-0.39, 0.29) is 16.1 Å². The van der Waals surface area contributed by atoms with Gasteiger partial charge < -0.3 is 9.72 Å². The van der Waals surface area contributed by atoms with E-state index in [0.717, 1.165) is 0 Å². The molecule has 0 aliphatic heterocycles. The third-order valence-corrected chi connectivity index (χ3v) is 2.59. The van der Waals surface area contributed by atoms with Crippen molar-refractivity contribution in [2.75, 3.05) is 0 Å². The van der Waals surface area contributed by atoms with Crippen LogP contribution in [0.3, 0.4) is 0 Å². The summed E-state index contributed by atoms with van der Waals surface area (Å²) in [6.45, 7) is 1.72. The van der Waals surface area contributed by atoms with Gasteiger partial charge in [-0.15, -0.1) is 13.2 Å². The van der Waals surface area contributed by atoms with E-state index in [1.807, 2.05) is 0 Å². The number of aromatic amines is 1. The van der Waals surface area contributed by atoms with E-state index in [0.29, 0.717) is 11.3 Å². The number of ether oxygens (including phenoxy) is 1. The average Bonchev–Trinajstić information content (AvgIpc) is 2.31. The van der Waals surface area contributed by atoms with Crippen molar-refractivity contribution in [3.05, 3.63) is 40.8 Å². The van der Waals surface area contributed by atoms with E-state index < -0.39 is 6.36 Å². The lowest BCUT2D eigenvalue weighted by Crippen LogP contribution is -2.17. The molecule has 0 bridgehead atoms. The molecule has 1 aromatic heterocycles. The van der Waals surface area contributed by atoms with Gasteiger partial charge in [0.05, 0.1) is 5.69 Å². The van der Waals surface area contributed by atoms with Crippen molar-refractivity contribution in [2.24, 2.45) is 0 Å². The number of benzene rings is 1. The van der Waals surface area contributed by atoms with Crippen molar-refractivity contribution in [1.29, 1.82) is 0 Å². The lowest BCUT2D eigenvalue weighted by atomic mass is 10.1. The topological polar surface area (TPSA) is 37.9 Å². The number of hydrogen-bond donors (Lipinski definition) is 1. The van der Waals surface area contributed by atoms with Crippen molar-refractivity contribution in [1.82, 2.24) is 9.97 Å². The number of rotatable bonds is 2. The summed E-state index contributed by atoms with van der Waals surface area (Å²) < 4.78 is 41.3. The normalized spacial score (nSPS) is 11.4. The second-order valence-electron chi connectivity index (χ2n) is 3.79. The number of aromatic nitrogens is 2. The molecule has 0 radical (unpaired) electrons. The Bertz CT molecular complexity index is 652. The Hall–Kier alpha value is -1.89. The van der Waals surface area contributed by atoms with Crippen LogP contribution in [0.15, 0.2) is 30.5 Å². The zero-order chi connectivity index (χ0) is 14.0. The lowest BCUT2D eigenvalue weighted by Gasteiger charge is -2.14. The molecule has 0 unspecified atom stereocenters. The number of H-pyrrole nitrogens is 1. The molecule has 19 heavy (non-hydrogen) atoms.